The summed E-state index contributed by atoms with van der Waals surface area (Å²) in [6.45, 7) is 1.69. The van der Waals surface area contributed by atoms with Gasteiger partial charge in [-0.15, -0.1) is 0 Å². The topological polar surface area (TPSA) is 64.9 Å². The van der Waals surface area contributed by atoms with E-state index in [-0.39, 0.29) is 5.82 Å². The number of halogens is 1. The molecule has 100 valence electrons. The molecule has 0 aliphatic heterocycles. The molecule has 3 aromatic rings. The van der Waals surface area contributed by atoms with Crippen molar-refractivity contribution in [2.75, 3.05) is 5.73 Å². The van der Waals surface area contributed by atoms with Crippen molar-refractivity contribution in [2.45, 2.75) is 6.92 Å². The van der Waals surface area contributed by atoms with Gasteiger partial charge in [-0.2, -0.15) is 4.98 Å². The van der Waals surface area contributed by atoms with Crippen molar-refractivity contribution in [2.24, 2.45) is 0 Å². The summed E-state index contributed by atoms with van der Waals surface area (Å²) in [5.41, 5.74) is 8.35. The zero-order valence-corrected chi connectivity index (χ0v) is 10.8. The van der Waals surface area contributed by atoms with Crippen molar-refractivity contribution in [3.8, 4) is 22.8 Å². The second-order valence-corrected chi connectivity index (χ2v) is 4.51. The first-order valence-corrected chi connectivity index (χ1v) is 6.09. The first kappa shape index (κ1) is 12.3. The number of benzene rings is 2. The number of anilines is 1. The van der Waals surface area contributed by atoms with Crippen LogP contribution in [0.2, 0.25) is 0 Å². The highest BCUT2D eigenvalue weighted by Crippen LogP contribution is 2.24. The van der Waals surface area contributed by atoms with Crippen LogP contribution in [0.5, 0.6) is 0 Å². The molecule has 5 heteroatoms. The number of nitrogens with zero attached hydrogens (tertiary/aromatic N) is 2. The van der Waals surface area contributed by atoms with E-state index in [1.807, 2.05) is 12.1 Å². The Balaban J connectivity index is 1.97. The maximum absolute atomic E-state index is 13.2. The molecule has 2 N–H and O–H groups in total. The molecule has 20 heavy (non-hydrogen) atoms. The minimum absolute atomic E-state index is 0.254. The highest BCUT2D eigenvalue weighted by Gasteiger charge is 2.11. The Bertz CT molecular complexity index is 750. The van der Waals surface area contributed by atoms with Crippen LogP contribution in [0.3, 0.4) is 0 Å². The lowest BCUT2D eigenvalue weighted by Crippen LogP contribution is -1.86. The zero-order chi connectivity index (χ0) is 14.1. The Morgan fingerprint density at radius 1 is 1.05 bits per heavy atom. The van der Waals surface area contributed by atoms with Crippen LogP contribution < -0.4 is 5.73 Å². The number of rotatable bonds is 2. The molecule has 0 aliphatic rings. The van der Waals surface area contributed by atoms with E-state index in [0.717, 1.165) is 5.56 Å². The van der Waals surface area contributed by atoms with Crippen molar-refractivity contribution in [1.82, 2.24) is 10.1 Å². The molecular weight excluding hydrogens is 257 g/mol. The SMILES string of the molecule is Cc1cc(-c2noc(-c3ccc(N)cc3)n2)ccc1F. The number of aryl methyl sites for hydroxylation is 1. The summed E-state index contributed by atoms with van der Waals surface area (Å²) in [6, 6.07) is 11.9. The molecule has 0 unspecified atom stereocenters. The van der Waals surface area contributed by atoms with Gasteiger partial charge in [0.2, 0.25) is 5.82 Å². The Morgan fingerprint density at radius 3 is 2.45 bits per heavy atom. The van der Waals surface area contributed by atoms with E-state index < -0.39 is 0 Å². The van der Waals surface area contributed by atoms with Crippen molar-refractivity contribution < 1.29 is 8.91 Å². The standard InChI is InChI=1S/C15H12FN3O/c1-9-8-11(4-7-13(9)16)14-18-15(20-19-14)10-2-5-12(17)6-3-10/h2-8H,17H2,1H3. The third-order valence-corrected chi connectivity index (χ3v) is 3.00. The lowest BCUT2D eigenvalue weighted by molar-refractivity contribution is 0.432. The van der Waals surface area contributed by atoms with E-state index in [2.05, 4.69) is 10.1 Å². The molecule has 0 aliphatic carbocycles. The lowest BCUT2D eigenvalue weighted by atomic mass is 10.1. The number of nitrogen functional groups attached to an aromatic ring is 1. The van der Waals surface area contributed by atoms with Crippen LogP contribution in [-0.2, 0) is 0 Å². The van der Waals surface area contributed by atoms with E-state index in [1.165, 1.54) is 6.07 Å². The van der Waals surface area contributed by atoms with Gasteiger partial charge in [0.15, 0.2) is 0 Å². The molecule has 0 fully saturated rings. The summed E-state index contributed by atoms with van der Waals surface area (Å²) in [4.78, 5) is 4.31. The Kier molecular flexibility index (Phi) is 2.95. The lowest BCUT2D eigenvalue weighted by Gasteiger charge is -1.98. The fourth-order valence-electron chi connectivity index (χ4n) is 1.87. The summed E-state index contributed by atoms with van der Waals surface area (Å²) in [5, 5.41) is 3.92. The van der Waals surface area contributed by atoms with Crippen LogP contribution in [0.1, 0.15) is 5.56 Å². The van der Waals surface area contributed by atoms with Crippen LogP contribution >= 0.6 is 0 Å². The molecule has 3 rings (SSSR count). The van der Waals surface area contributed by atoms with Crippen molar-refractivity contribution in [3.05, 3.63) is 53.8 Å². The summed E-state index contributed by atoms with van der Waals surface area (Å²) in [7, 11) is 0. The van der Waals surface area contributed by atoms with E-state index >= 15 is 0 Å². The summed E-state index contributed by atoms with van der Waals surface area (Å²) in [6.07, 6.45) is 0. The molecule has 1 aromatic heterocycles. The Morgan fingerprint density at radius 2 is 1.75 bits per heavy atom. The minimum Gasteiger partial charge on any atom is -0.399 e. The van der Waals surface area contributed by atoms with E-state index in [1.54, 1.807) is 31.2 Å². The van der Waals surface area contributed by atoms with Gasteiger partial charge < -0.3 is 10.3 Å². The molecule has 4 nitrogen and oxygen atoms in total. The largest absolute Gasteiger partial charge is 0.399 e. The normalized spacial score (nSPS) is 10.7. The van der Waals surface area contributed by atoms with Gasteiger partial charge >= 0.3 is 0 Å². The summed E-state index contributed by atoms with van der Waals surface area (Å²) < 4.78 is 18.5. The molecule has 0 radical (unpaired) electrons. The highest BCUT2D eigenvalue weighted by atomic mass is 19.1. The average Bonchev–Trinajstić information content (AvgIpc) is 2.92. The van der Waals surface area contributed by atoms with E-state index in [4.69, 9.17) is 10.3 Å². The fraction of sp³-hybridized carbons (Fsp3) is 0.0667. The first-order valence-electron chi connectivity index (χ1n) is 6.09. The van der Waals surface area contributed by atoms with Gasteiger partial charge in [0.05, 0.1) is 0 Å². The van der Waals surface area contributed by atoms with Crippen molar-refractivity contribution >= 4 is 5.69 Å². The second kappa shape index (κ2) is 4.77. The van der Waals surface area contributed by atoms with Gasteiger partial charge in [0, 0.05) is 16.8 Å². The van der Waals surface area contributed by atoms with Crippen LogP contribution in [0.25, 0.3) is 22.8 Å². The number of nitrogens with two attached hydrogens (primary N) is 1. The molecule has 0 atom stereocenters. The van der Waals surface area contributed by atoms with Gasteiger partial charge in [0.1, 0.15) is 5.82 Å². The number of hydrogen-bond donors (Lipinski definition) is 1. The van der Waals surface area contributed by atoms with Crippen molar-refractivity contribution in [1.29, 1.82) is 0 Å². The van der Waals surface area contributed by atoms with E-state index in [9.17, 15) is 4.39 Å². The molecule has 0 bridgehead atoms. The van der Waals surface area contributed by atoms with Gasteiger partial charge in [0.25, 0.3) is 5.89 Å². The van der Waals surface area contributed by atoms with Gasteiger partial charge in [-0.25, -0.2) is 4.39 Å². The second-order valence-electron chi connectivity index (χ2n) is 4.51. The smallest absolute Gasteiger partial charge is 0.258 e. The van der Waals surface area contributed by atoms with Crippen LogP contribution in [0.15, 0.2) is 47.0 Å². The maximum atomic E-state index is 13.2. The fourth-order valence-corrected chi connectivity index (χ4v) is 1.87. The number of hydrogen-bond acceptors (Lipinski definition) is 4. The van der Waals surface area contributed by atoms with Crippen molar-refractivity contribution in [3.63, 3.8) is 0 Å². The highest BCUT2D eigenvalue weighted by molar-refractivity contribution is 5.61. The molecular formula is C15H12FN3O. The van der Waals surface area contributed by atoms with Gasteiger partial charge in [-0.3, -0.25) is 0 Å². The van der Waals surface area contributed by atoms with Gasteiger partial charge in [-0.05, 0) is 55.0 Å². The zero-order valence-electron chi connectivity index (χ0n) is 10.8. The maximum Gasteiger partial charge on any atom is 0.258 e. The predicted molar refractivity (Wildman–Crippen MR) is 74.3 cm³/mol. The van der Waals surface area contributed by atoms with Crippen LogP contribution in [-0.4, -0.2) is 10.1 Å². The van der Waals surface area contributed by atoms with Gasteiger partial charge in [-0.1, -0.05) is 5.16 Å². The quantitative estimate of drug-likeness (QED) is 0.724. The molecule has 0 saturated heterocycles. The van der Waals surface area contributed by atoms with Crippen LogP contribution in [0, 0.1) is 12.7 Å². The number of aromatic nitrogens is 2. The molecule has 0 spiro atoms. The third-order valence-electron chi connectivity index (χ3n) is 3.00. The average molecular weight is 269 g/mol. The minimum atomic E-state index is -0.254. The molecule has 0 saturated carbocycles. The third kappa shape index (κ3) is 2.25. The predicted octanol–water partition coefficient (Wildman–Crippen LogP) is 3.43. The molecule has 1 heterocycles. The monoisotopic (exact) mass is 269 g/mol. The Labute approximate surface area is 115 Å². The first-order chi connectivity index (χ1) is 9.63. The van der Waals surface area contributed by atoms with E-state index in [0.29, 0.717) is 28.5 Å². The summed E-state index contributed by atoms with van der Waals surface area (Å²) >= 11 is 0. The Hall–Kier alpha value is -2.69. The van der Waals surface area contributed by atoms with Crippen LogP contribution in [0.4, 0.5) is 10.1 Å². The summed E-state index contributed by atoms with van der Waals surface area (Å²) in [5.74, 6) is 0.581. The molecule has 2 aromatic carbocycles. The molecule has 0 amide bonds.